The smallest absolute Gasteiger partial charge is 0.236 e. The van der Waals surface area contributed by atoms with Crippen molar-refractivity contribution in [1.82, 2.24) is 15.6 Å². The average molecular weight is 225 g/mol. The minimum atomic E-state index is -0.243. The molecule has 1 amide bonds. The maximum atomic E-state index is 11.4. The fourth-order valence-electron chi connectivity index (χ4n) is 1.28. The number of hydrogen-bond acceptors (Lipinski definition) is 4. The summed E-state index contributed by atoms with van der Waals surface area (Å²) in [6.45, 7) is 8.59. The third-order valence-corrected chi connectivity index (χ3v) is 2.38. The van der Waals surface area contributed by atoms with E-state index < -0.39 is 0 Å². The van der Waals surface area contributed by atoms with E-state index in [0.29, 0.717) is 19.0 Å². The van der Waals surface area contributed by atoms with Crippen molar-refractivity contribution in [2.75, 3.05) is 6.54 Å². The van der Waals surface area contributed by atoms with Gasteiger partial charge in [-0.2, -0.15) is 0 Å². The zero-order valence-electron chi connectivity index (χ0n) is 10.3. The van der Waals surface area contributed by atoms with Gasteiger partial charge in [0.05, 0.1) is 18.3 Å². The summed E-state index contributed by atoms with van der Waals surface area (Å²) in [7, 11) is 0. The molecule has 0 saturated carbocycles. The van der Waals surface area contributed by atoms with Crippen LogP contribution >= 0.6 is 0 Å². The van der Waals surface area contributed by atoms with Gasteiger partial charge in [-0.15, -0.1) is 0 Å². The summed E-state index contributed by atoms with van der Waals surface area (Å²) in [5.74, 6) is 1.43. The standard InChI is InChI=1S/C11H19N3O2/c1-5-12-11(15)8(3)13-6-10-14-7(2)9(4)16-10/h8,13H,5-6H2,1-4H3,(H,12,15). The highest BCUT2D eigenvalue weighted by atomic mass is 16.4. The van der Waals surface area contributed by atoms with E-state index in [2.05, 4.69) is 15.6 Å². The van der Waals surface area contributed by atoms with Gasteiger partial charge in [-0.05, 0) is 27.7 Å². The maximum Gasteiger partial charge on any atom is 0.236 e. The number of hydrogen-bond donors (Lipinski definition) is 2. The van der Waals surface area contributed by atoms with Gasteiger partial charge >= 0.3 is 0 Å². The molecule has 16 heavy (non-hydrogen) atoms. The fraction of sp³-hybridized carbons (Fsp3) is 0.636. The first-order valence-electron chi connectivity index (χ1n) is 5.48. The normalized spacial score (nSPS) is 12.5. The van der Waals surface area contributed by atoms with Gasteiger partial charge in [0.1, 0.15) is 5.76 Å². The summed E-state index contributed by atoms with van der Waals surface area (Å²) in [5, 5.41) is 5.80. The van der Waals surface area contributed by atoms with Crippen molar-refractivity contribution in [3.8, 4) is 0 Å². The number of oxazole rings is 1. The van der Waals surface area contributed by atoms with Crippen LogP contribution in [0, 0.1) is 13.8 Å². The molecule has 0 aliphatic rings. The predicted molar refractivity (Wildman–Crippen MR) is 61.0 cm³/mol. The maximum absolute atomic E-state index is 11.4. The number of nitrogens with one attached hydrogen (secondary N) is 2. The van der Waals surface area contributed by atoms with Gasteiger partial charge in [-0.1, -0.05) is 0 Å². The molecule has 1 aromatic rings. The molecule has 1 aromatic heterocycles. The van der Waals surface area contributed by atoms with Gasteiger partial charge in [-0.3, -0.25) is 10.1 Å². The van der Waals surface area contributed by atoms with E-state index in [0.717, 1.165) is 11.5 Å². The molecule has 0 fully saturated rings. The monoisotopic (exact) mass is 225 g/mol. The number of amides is 1. The van der Waals surface area contributed by atoms with Crippen LogP contribution in [0.15, 0.2) is 4.42 Å². The number of rotatable bonds is 5. The Morgan fingerprint density at radius 1 is 1.50 bits per heavy atom. The van der Waals surface area contributed by atoms with Gasteiger partial charge in [0.2, 0.25) is 11.8 Å². The van der Waals surface area contributed by atoms with Crippen LogP contribution in [0.2, 0.25) is 0 Å². The molecule has 2 N–H and O–H groups in total. The molecular weight excluding hydrogens is 206 g/mol. The first-order chi connectivity index (χ1) is 7.54. The number of aryl methyl sites for hydroxylation is 2. The van der Waals surface area contributed by atoms with Gasteiger partial charge in [0.25, 0.3) is 0 Å². The van der Waals surface area contributed by atoms with Gasteiger partial charge in [0.15, 0.2) is 0 Å². The number of aromatic nitrogens is 1. The molecule has 5 nitrogen and oxygen atoms in total. The Bertz CT molecular complexity index is 341. The lowest BCUT2D eigenvalue weighted by molar-refractivity contribution is -0.122. The topological polar surface area (TPSA) is 67.2 Å². The minimum absolute atomic E-state index is 0.0116. The lowest BCUT2D eigenvalue weighted by Gasteiger charge is -2.11. The van der Waals surface area contributed by atoms with Crippen molar-refractivity contribution < 1.29 is 9.21 Å². The van der Waals surface area contributed by atoms with E-state index in [1.54, 1.807) is 0 Å². The second kappa shape index (κ2) is 5.65. The molecule has 0 spiro atoms. The molecule has 1 rings (SSSR count). The Hall–Kier alpha value is -1.36. The van der Waals surface area contributed by atoms with Crippen LogP contribution in [-0.2, 0) is 11.3 Å². The molecule has 1 atom stereocenters. The average Bonchev–Trinajstić information content (AvgIpc) is 2.55. The van der Waals surface area contributed by atoms with Crippen LogP contribution in [-0.4, -0.2) is 23.5 Å². The van der Waals surface area contributed by atoms with Crippen molar-refractivity contribution in [2.45, 2.75) is 40.3 Å². The molecule has 0 bridgehead atoms. The summed E-state index contributed by atoms with van der Waals surface area (Å²) in [4.78, 5) is 15.6. The summed E-state index contributed by atoms with van der Waals surface area (Å²) < 4.78 is 5.40. The minimum Gasteiger partial charge on any atom is -0.444 e. The summed E-state index contributed by atoms with van der Waals surface area (Å²) in [5.41, 5.74) is 0.891. The molecule has 1 unspecified atom stereocenters. The molecule has 0 aromatic carbocycles. The second-order valence-corrected chi connectivity index (χ2v) is 3.75. The molecule has 1 heterocycles. The van der Waals surface area contributed by atoms with Crippen molar-refractivity contribution in [3.05, 3.63) is 17.3 Å². The first kappa shape index (κ1) is 12.7. The van der Waals surface area contributed by atoms with Gasteiger partial charge < -0.3 is 9.73 Å². The fourth-order valence-corrected chi connectivity index (χ4v) is 1.28. The van der Waals surface area contributed by atoms with E-state index in [-0.39, 0.29) is 11.9 Å². The van der Waals surface area contributed by atoms with Crippen LogP contribution in [0.4, 0.5) is 0 Å². The van der Waals surface area contributed by atoms with Crippen LogP contribution < -0.4 is 10.6 Å². The Balaban J connectivity index is 2.42. The predicted octanol–water partition coefficient (Wildman–Crippen LogP) is 0.906. The van der Waals surface area contributed by atoms with Crippen LogP contribution in [0.5, 0.6) is 0 Å². The van der Waals surface area contributed by atoms with E-state index in [1.807, 2.05) is 27.7 Å². The van der Waals surface area contributed by atoms with E-state index in [1.165, 1.54) is 0 Å². The zero-order chi connectivity index (χ0) is 12.1. The SMILES string of the molecule is CCNC(=O)C(C)NCc1nc(C)c(C)o1. The van der Waals surface area contributed by atoms with Gasteiger partial charge in [0, 0.05) is 6.54 Å². The Labute approximate surface area is 95.6 Å². The van der Waals surface area contributed by atoms with Crippen molar-refractivity contribution in [1.29, 1.82) is 0 Å². The van der Waals surface area contributed by atoms with Gasteiger partial charge in [-0.25, -0.2) is 4.98 Å². The molecule has 5 heteroatoms. The summed E-state index contributed by atoms with van der Waals surface area (Å²) in [6.07, 6.45) is 0. The summed E-state index contributed by atoms with van der Waals surface area (Å²) in [6, 6.07) is -0.243. The third kappa shape index (κ3) is 3.34. The van der Waals surface area contributed by atoms with Crippen molar-refractivity contribution in [3.63, 3.8) is 0 Å². The largest absolute Gasteiger partial charge is 0.444 e. The molecule has 0 aliphatic carbocycles. The Kier molecular flexibility index (Phi) is 4.49. The lowest BCUT2D eigenvalue weighted by atomic mass is 10.3. The third-order valence-electron chi connectivity index (χ3n) is 2.38. The number of carbonyl (C=O) groups excluding carboxylic acids is 1. The highest BCUT2D eigenvalue weighted by molar-refractivity contribution is 5.81. The Morgan fingerprint density at radius 2 is 2.19 bits per heavy atom. The van der Waals surface area contributed by atoms with Crippen LogP contribution in [0.1, 0.15) is 31.2 Å². The van der Waals surface area contributed by atoms with Crippen molar-refractivity contribution in [2.24, 2.45) is 0 Å². The molecule has 0 radical (unpaired) electrons. The number of nitrogens with zero attached hydrogens (tertiary/aromatic N) is 1. The quantitative estimate of drug-likeness (QED) is 0.781. The number of carbonyl (C=O) groups is 1. The highest BCUT2D eigenvalue weighted by Crippen LogP contribution is 2.07. The summed E-state index contributed by atoms with van der Waals surface area (Å²) >= 11 is 0. The van der Waals surface area contributed by atoms with E-state index in [9.17, 15) is 4.79 Å². The second-order valence-electron chi connectivity index (χ2n) is 3.75. The van der Waals surface area contributed by atoms with E-state index in [4.69, 9.17) is 4.42 Å². The lowest BCUT2D eigenvalue weighted by Crippen LogP contribution is -2.41. The number of likely N-dealkylation sites (N-methyl/N-ethyl adjacent to an activating group) is 1. The van der Waals surface area contributed by atoms with Crippen LogP contribution in [0.3, 0.4) is 0 Å². The first-order valence-corrected chi connectivity index (χ1v) is 5.48. The van der Waals surface area contributed by atoms with Crippen LogP contribution in [0.25, 0.3) is 0 Å². The highest BCUT2D eigenvalue weighted by Gasteiger charge is 2.12. The molecular formula is C11H19N3O2. The molecule has 90 valence electrons. The molecule has 0 aliphatic heterocycles. The zero-order valence-corrected chi connectivity index (χ0v) is 10.3. The van der Waals surface area contributed by atoms with E-state index >= 15 is 0 Å². The Morgan fingerprint density at radius 3 is 2.69 bits per heavy atom. The molecule has 0 saturated heterocycles. The van der Waals surface area contributed by atoms with Crippen molar-refractivity contribution >= 4 is 5.91 Å².